The van der Waals surface area contributed by atoms with Gasteiger partial charge in [-0.1, -0.05) is 13.0 Å². The van der Waals surface area contributed by atoms with Crippen LogP contribution >= 0.6 is 0 Å². The van der Waals surface area contributed by atoms with Crippen molar-refractivity contribution in [2.24, 2.45) is 17.8 Å². The molecule has 2 aliphatic rings. The number of aliphatic hydroxyl groups is 1. The predicted octanol–water partition coefficient (Wildman–Crippen LogP) is 1.38. The molecule has 120 valence electrons. The number of carbonyl (C=O) groups excluding carboxylic acids is 1. The minimum absolute atomic E-state index is 0.0389. The van der Waals surface area contributed by atoms with Crippen LogP contribution in [-0.2, 0) is 4.79 Å². The lowest BCUT2D eigenvalue weighted by Crippen LogP contribution is -2.43. The van der Waals surface area contributed by atoms with E-state index in [2.05, 4.69) is 16.8 Å². The van der Waals surface area contributed by atoms with Gasteiger partial charge in [0.1, 0.15) is 5.82 Å². The van der Waals surface area contributed by atoms with E-state index in [4.69, 9.17) is 0 Å². The lowest BCUT2D eigenvalue weighted by molar-refractivity contribution is -0.136. The fraction of sp³-hybridized carbons (Fsp3) is 0.647. The van der Waals surface area contributed by atoms with Crippen molar-refractivity contribution in [3.05, 3.63) is 24.4 Å². The minimum Gasteiger partial charge on any atom is -0.393 e. The van der Waals surface area contributed by atoms with Crippen LogP contribution in [0.5, 0.6) is 0 Å². The zero-order chi connectivity index (χ0) is 15.7. The molecule has 1 aromatic rings. The first kappa shape index (κ1) is 15.3. The zero-order valence-corrected chi connectivity index (χ0v) is 13.4. The van der Waals surface area contributed by atoms with Crippen molar-refractivity contribution in [2.45, 2.75) is 25.9 Å². The summed E-state index contributed by atoms with van der Waals surface area (Å²) in [6.07, 6.45) is 3.30. The maximum Gasteiger partial charge on any atom is 0.227 e. The third kappa shape index (κ3) is 3.09. The highest BCUT2D eigenvalue weighted by Crippen LogP contribution is 2.31. The third-order valence-corrected chi connectivity index (χ3v) is 5.02. The number of carbonyl (C=O) groups is 1. The second-order valence-corrected chi connectivity index (χ2v) is 6.89. The number of aromatic nitrogens is 1. The first-order valence-electron chi connectivity index (χ1n) is 8.13. The molecule has 1 aromatic heterocycles. The van der Waals surface area contributed by atoms with E-state index in [-0.39, 0.29) is 17.9 Å². The van der Waals surface area contributed by atoms with E-state index < -0.39 is 0 Å². The first-order valence-corrected chi connectivity index (χ1v) is 8.13. The Bertz CT molecular complexity index is 516. The summed E-state index contributed by atoms with van der Waals surface area (Å²) < 4.78 is 0. The summed E-state index contributed by atoms with van der Waals surface area (Å²) in [7, 11) is 1.89. The number of amides is 1. The van der Waals surface area contributed by atoms with Gasteiger partial charge in [0.25, 0.3) is 0 Å². The van der Waals surface area contributed by atoms with Gasteiger partial charge in [0.05, 0.1) is 12.0 Å². The van der Waals surface area contributed by atoms with Gasteiger partial charge in [-0.05, 0) is 36.8 Å². The Morgan fingerprint density at radius 1 is 1.41 bits per heavy atom. The summed E-state index contributed by atoms with van der Waals surface area (Å²) in [5.41, 5.74) is 0. The molecular weight excluding hydrogens is 278 g/mol. The Morgan fingerprint density at radius 3 is 2.82 bits per heavy atom. The van der Waals surface area contributed by atoms with E-state index in [1.54, 1.807) is 6.20 Å². The predicted molar refractivity (Wildman–Crippen MR) is 85.5 cm³/mol. The fourth-order valence-electron chi connectivity index (χ4n) is 3.63. The summed E-state index contributed by atoms with van der Waals surface area (Å²) in [5.74, 6) is 2.02. The second-order valence-electron chi connectivity index (χ2n) is 6.89. The molecule has 5 heteroatoms. The molecule has 0 radical (unpaired) electrons. The van der Waals surface area contributed by atoms with Gasteiger partial charge in [0.15, 0.2) is 0 Å². The van der Waals surface area contributed by atoms with Crippen molar-refractivity contribution < 1.29 is 9.90 Å². The van der Waals surface area contributed by atoms with Crippen LogP contribution in [0.25, 0.3) is 0 Å². The number of aliphatic hydroxyl groups excluding tert-OH is 1. The van der Waals surface area contributed by atoms with E-state index in [1.165, 1.54) is 0 Å². The molecule has 0 aromatic carbocycles. The van der Waals surface area contributed by atoms with Crippen LogP contribution in [0.4, 0.5) is 5.82 Å². The van der Waals surface area contributed by atoms with Crippen LogP contribution in [0.15, 0.2) is 24.4 Å². The highest BCUT2D eigenvalue weighted by Gasteiger charge is 2.38. The van der Waals surface area contributed by atoms with Crippen LogP contribution in [0.3, 0.4) is 0 Å². The van der Waals surface area contributed by atoms with Crippen molar-refractivity contribution in [3.63, 3.8) is 0 Å². The largest absolute Gasteiger partial charge is 0.393 e. The Morgan fingerprint density at radius 2 is 2.18 bits per heavy atom. The Hall–Kier alpha value is -1.62. The quantitative estimate of drug-likeness (QED) is 0.913. The van der Waals surface area contributed by atoms with Gasteiger partial charge in [-0.2, -0.15) is 0 Å². The molecular formula is C17H25N3O2. The highest BCUT2D eigenvalue weighted by atomic mass is 16.3. The molecule has 1 saturated heterocycles. The maximum atomic E-state index is 12.7. The van der Waals surface area contributed by atoms with Crippen LogP contribution in [-0.4, -0.2) is 53.7 Å². The van der Waals surface area contributed by atoms with Gasteiger partial charge in [-0.25, -0.2) is 4.98 Å². The summed E-state index contributed by atoms with van der Waals surface area (Å²) in [4.78, 5) is 21.2. The Balaban J connectivity index is 1.58. The molecule has 2 atom stereocenters. The third-order valence-electron chi connectivity index (χ3n) is 5.02. The number of rotatable bonds is 4. The Labute approximate surface area is 131 Å². The van der Waals surface area contributed by atoms with Crippen molar-refractivity contribution >= 4 is 11.7 Å². The van der Waals surface area contributed by atoms with E-state index in [0.29, 0.717) is 11.8 Å². The molecule has 0 bridgehead atoms. The lowest BCUT2D eigenvalue weighted by Gasteiger charge is -2.35. The van der Waals surface area contributed by atoms with Crippen LogP contribution in [0.1, 0.15) is 19.8 Å². The number of nitrogens with zero attached hydrogens (tertiary/aromatic N) is 3. The minimum atomic E-state index is -0.154. The molecule has 0 unspecified atom stereocenters. The summed E-state index contributed by atoms with van der Waals surface area (Å²) in [6.45, 7) is 4.53. The molecule has 1 N–H and O–H groups in total. The number of hydrogen-bond donors (Lipinski definition) is 1. The SMILES string of the molecule is C[C@@H]1CN(c2ccccn2)C[C@H]1C(=O)N(C)CC1CC(O)C1. The van der Waals surface area contributed by atoms with Crippen molar-refractivity contribution in [1.29, 1.82) is 0 Å². The molecule has 0 spiro atoms. The van der Waals surface area contributed by atoms with Crippen molar-refractivity contribution in [3.8, 4) is 0 Å². The second kappa shape index (κ2) is 6.24. The van der Waals surface area contributed by atoms with Crippen molar-refractivity contribution in [2.75, 3.05) is 31.6 Å². The topological polar surface area (TPSA) is 56.7 Å². The van der Waals surface area contributed by atoms with E-state index in [9.17, 15) is 9.90 Å². The molecule has 1 aliphatic heterocycles. The van der Waals surface area contributed by atoms with Gasteiger partial charge in [0, 0.05) is 32.9 Å². The average Bonchev–Trinajstić information content (AvgIpc) is 2.87. The number of pyridine rings is 1. The molecule has 1 aliphatic carbocycles. The summed E-state index contributed by atoms with van der Waals surface area (Å²) >= 11 is 0. The maximum absolute atomic E-state index is 12.7. The Kier molecular flexibility index (Phi) is 4.34. The summed E-state index contributed by atoms with van der Waals surface area (Å²) in [5, 5.41) is 9.37. The van der Waals surface area contributed by atoms with Crippen LogP contribution in [0.2, 0.25) is 0 Å². The first-order chi connectivity index (χ1) is 10.5. The van der Waals surface area contributed by atoms with Gasteiger partial charge in [-0.3, -0.25) is 4.79 Å². The number of hydrogen-bond acceptors (Lipinski definition) is 4. The van der Waals surface area contributed by atoms with Gasteiger partial charge in [0.2, 0.25) is 5.91 Å². The lowest BCUT2D eigenvalue weighted by atomic mass is 9.82. The van der Waals surface area contributed by atoms with Crippen molar-refractivity contribution in [1.82, 2.24) is 9.88 Å². The number of anilines is 1. The standard InChI is InChI=1S/C17H25N3O2/c1-12-9-20(16-5-3-4-6-18-16)11-15(12)17(22)19(2)10-13-7-14(21)8-13/h3-6,12-15,21H,7-11H2,1-2H3/t12-,13?,14?,15-/m1/s1. The smallest absolute Gasteiger partial charge is 0.227 e. The normalized spacial score (nSPS) is 31.0. The van der Waals surface area contributed by atoms with E-state index in [1.807, 2.05) is 30.1 Å². The molecule has 1 amide bonds. The molecule has 2 heterocycles. The molecule has 5 nitrogen and oxygen atoms in total. The average molecular weight is 303 g/mol. The highest BCUT2D eigenvalue weighted by molar-refractivity contribution is 5.80. The molecule has 1 saturated carbocycles. The zero-order valence-electron chi connectivity index (χ0n) is 13.4. The van der Waals surface area contributed by atoms with Gasteiger partial charge in [-0.15, -0.1) is 0 Å². The van der Waals surface area contributed by atoms with Gasteiger partial charge >= 0.3 is 0 Å². The van der Waals surface area contributed by atoms with E-state index in [0.717, 1.165) is 38.3 Å². The monoisotopic (exact) mass is 303 g/mol. The van der Waals surface area contributed by atoms with E-state index >= 15 is 0 Å². The molecule has 22 heavy (non-hydrogen) atoms. The molecule has 3 rings (SSSR count). The van der Waals surface area contributed by atoms with Gasteiger partial charge < -0.3 is 14.9 Å². The van der Waals surface area contributed by atoms with Crippen LogP contribution in [0, 0.1) is 17.8 Å². The summed E-state index contributed by atoms with van der Waals surface area (Å²) in [6, 6.07) is 5.89. The fourth-order valence-corrected chi connectivity index (χ4v) is 3.63. The van der Waals surface area contributed by atoms with Crippen LogP contribution < -0.4 is 4.90 Å². The molecule has 2 fully saturated rings.